The lowest BCUT2D eigenvalue weighted by Crippen LogP contribution is -2.70. The molecule has 0 aliphatic carbocycles. The molecule has 0 saturated heterocycles. The molecule has 15 heteroatoms. The molecule has 29 heavy (non-hydrogen) atoms. The lowest BCUT2D eigenvalue weighted by atomic mass is 9.83. The number of hydrogen-bond acceptors (Lipinski definition) is 2. The van der Waals surface area contributed by atoms with E-state index in [2.05, 4.69) is 0 Å². The summed E-state index contributed by atoms with van der Waals surface area (Å²) >= 11 is 0. The summed E-state index contributed by atoms with van der Waals surface area (Å²) in [5.74, 6) is -31.4. The highest BCUT2D eigenvalue weighted by Crippen LogP contribution is 2.61. The molecule has 0 radical (unpaired) electrons. The third kappa shape index (κ3) is 4.14. The summed E-state index contributed by atoms with van der Waals surface area (Å²) in [6.45, 7) is -0.460. The second kappa shape index (κ2) is 7.54. The van der Waals surface area contributed by atoms with Crippen molar-refractivity contribution in [3.8, 4) is 0 Å². The van der Waals surface area contributed by atoms with E-state index in [1.54, 1.807) is 0 Å². The minimum Gasteiger partial charge on any atom is -0.478 e. The first-order valence-electron chi connectivity index (χ1n) is 7.29. The summed E-state index contributed by atoms with van der Waals surface area (Å²) in [6.07, 6.45) is -10.7. The molecule has 0 aromatic rings. The Bertz CT molecular complexity index is 661. The van der Waals surface area contributed by atoms with Crippen LogP contribution in [0.5, 0.6) is 0 Å². The minimum absolute atomic E-state index is 0.176. The molecule has 0 rings (SSSR count). The fourth-order valence-electron chi connectivity index (χ4n) is 2.00. The van der Waals surface area contributed by atoms with Gasteiger partial charge in [-0.05, 0) is 20.8 Å². The molecular weight excluding hydrogens is 444 g/mol. The first-order chi connectivity index (χ1) is 12.4. The largest absolute Gasteiger partial charge is 0.478 e. The minimum atomic E-state index is -7.66. The van der Waals surface area contributed by atoms with Gasteiger partial charge in [-0.1, -0.05) is 0 Å². The standard InChI is InChI=1S/C14H14F12O3/c1-5(27)4-7(6(2)8(28)29)10(16,17)12(20,21)13(22,23)11(18,19)9(3,15)14(24,25)26/h5,27H,4H2,1-3H3,(H,28,29). The summed E-state index contributed by atoms with van der Waals surface area (Å²) in [6, 6.07) is 0. The van der Waals surface area contributed by atoms with Crippen molar-refractivity contribution in [2.24, 2.45) is 0 Å². The van der Waals surface area contributed by atoms with Crippen LogP contribution in [0, 0.1) is 0 Å². The van der Waals surface area contributed by atoms with Crippen LogP contribution in [0.15, 0.2) is 11.1 Å². The van der Waals surface area contributed by atoms with Crippen LogP contribution in [0.2, 0.25) is 0 Å². The molecule has 0 amide bonds. The molecule has 0 aromatic heterocycles. The summed E-state index contributed by atoms with van der Waals surface area (Å²) in [4.78, 5) is 10.8. The molecule has 2 N–H and O–H groups in total. The van der Waals surface area contributed by atoms with Crippen molar-refractivity contribution in [3.63, 3.8) is 0 Å². The summed E-state index contributed by atoms with van der Waals surface area (Å²) < 4.78 is 161. The van der Waals surface area contributed by atoms with Gasteiger partial charge in [0.15, 0.2) is 0 Å². The maximum atomic E-state index is 14.1. The van der Waals surface area contributed by atoms with Crippen LogP contribution >= 0.6 is 0 Å². The predicted molar refractivity (Wildman–Crippen MR) is 72.0 cm³/mol. The van der Waals surface area contributed by atoms with Crippen LogP contribution in [-0.4, -0.2) is 57.8 Å². The van der Waals surface area contributed by atoms with E-state index in [9.17, 15) is 57.5 Å². The van der Waals surface area contributed by atoms with E-state index in [1.807, 2.05) is 0 Å². The Labute approximate surface area is 155 Å². The number of aliphatic hydroxyl groups is 1. The summed E-state index contributed by atoms with van der Waals surface area (Å²) in [5, 5.41) is 17.7. The fraction of sp³-hybridized carbons (Fsp3) is 0.786. The Morgan fingerprint density at radius 2 is 1.21 bits per heavy atom. The highest BCUT2D eigenvalue weighted by atomic mass is 19.4. The van der Waals surface area contributed by atoms with Crippen LogP contribution in [0.1, 0.15) is 27.2 Å². The highest BCUT2D eigenvalue weighted by molar-refractivity contribution is 5.87. The molecule has 0 aliphatic rings. The van der Waals surface area contributed by atoms with Crippen molar-refractivity contribution in [3.05, 3.63) is 11.1 Å². The number of aliphatic hydroxyl groups excluding tert-OH is 1. The average Bonchev–Trinajstić information content (AvgIpc) is 2.49. The van der Waals surface area contributed by atoms with E-state index in [1.165, 1.54) is 0 Å². The molecule has 0 aliphatic heterocycles. The highest BCUT2D eigenvalue weighted by Gasteiger charge is 2.88. The quantitative estimate of drug-likeness (QED) is 0.398. The molecule has 0 aromatic carbocycles. The fourth-order valence-corrected chi connectivity index (χ4v) is 2.00. The third-order valence-electron chi connectivity index (χ3n) is 3.96. The van der Waals surface area contributed by atoms with Crippen LogP contribution < -0.4 is 0 Å². The van der Waals surface area contributed by atoms with Gasteiger partial charge in [0.2, 0.25) is 0 Å². The Balaban J connectivity index is 6.84. The SMILES string of the molecule is CC(C(=O)O)=C(CC(C)O)C(F)(F)C(F)(F)C(F)(F)C(F)(F)C(C)(F)C(F)(F)F. The van der Waals surface area contributed by atoms with Gasteiger partial charge in [0.25, 0.3) is 5.67 Å². The van der Waals surface area contributed by atoms with Gasteiger partial charge in [-0.2, -0.15) is 48.3 Å². The molecule has 172 valence electrons. The van der Waals surface area contributed by atoms with Crippen molar-refractivity contribution in [1.82, 2.24) is 0 Å². The monoisotopic (exact) mass is 458 g/mol. The van der Waals surface area contributed by atoms with Gasteiger partial charge in [0, 0.05) is 17.6 Å². The number of halogens is 12. The second-order valence-electron chi connectivity index (χ2n) is 6.26. The number of carboxylic acid groups (broad SMARTS) is 1. The van der Waals surface area contributed by atoms with E-state index < -0.39 is 72.1 Å². The van der Waals surface area contributed by atoms with Crippen molar-refractivity contribution in [2.45, 2.75) is 68.8 Å². The normalized spacial score (nSPS) is 18.8. The maximum Gasteiger partial charge on any atom is 0.428 e. The lowest BCUT2D eigenvalue weighted by Gasteiger charge is -2.42. The number of carboxylic acids is 1. The van der Waals surface area contributed by atoms with Crippen molar-refractivity contribution in [2.75, 3.05) is 0 Å². The van der Waals surface area contributed by atoms with Gasteiger partial charge in [0.05, 0.1) is 6.10 Å². The van der Waals surface area contributed by atoms with Crippen molar-refractivity contribution >= 4 is 5.97 Å². The Morgan fingerprint density at radius 1 is 0.828 bits per heavy atom. The van der Waals surface area contributed by atoms with Crippen molar-refractivity contribution in [1.29, 1.82) is 0 Å². The molecule has 2 unspecified atom stereocenters. The topological polar surface area (TPSA) is 57.5 Å². The first-order valence-corrected chi connectivity index (χ1v) is 7.29. The predicted octanol–water partition coefficient (Wildman–Crippen LogP) is 4.99. The molecule has 2 atom stereocenters. The van der Waals surface area contributed by atoms with Gasteiger partial charge in [-0.3, -0.25) is 0 Å². The van der Waals surface area contributed by atoms with Gasteiger partial charge in [-0.15, -0.1) is 0 Å². The zero-order valence-corrected chi connectivity index (χ0v) is 14.6. The van der Waals surface area contributed by atoms with Crippen LogP contribution in [-0.2, 0) is 4.79 Å². The van der Waals surface area contributed by atoms with Crippen molar-refractivity contribution < 1.29 is 67.7 Å². The summed E-state index contributed by atoms with van der Waals surface area (Å²) in [5.41, 5.74) is -10.6. The second-order valence-corrected chi connectivity index (χ2v) is 6.26. The van der Waals surface area contributed by atoms with Gasteiger partial charge in [-0.25, -0.2) is 9.18 Å². The molecule has 3 nitrogen and oxygen atoms in total. The van der Waals surface area contributed by atoms with E-state index in [0.717, 1.165) is 0 Å². The van der Waals surface area contributed by atoms with Gasteiger partial charge >= 0.3 is 35.8 Å². The third-order valence-corrected chi connectivity index (χ3v) is 3.96. The maximum absolute atomic E-state index is 14.1. The zero-order chi connectivity index (χ0) is 24.0. The van der Waals surface area contributed by atoms with Crippen LogP contribution in [0.25, 0.3) is 0 Å². The number of carbonyl (C=O) groups is 1. The average molecular weight is 458 g/mol. The van der Waals surface area contributed by atoms with E-state index >= 15 is 0 Å². The van der Waals surface area contributed by atoms with E-state index in [0.29, 0.717) is 6.92 Å². The number of aliphatic carboxylic acids is 1. The molecular formula is C14H14F12O3. The Hall–Kier alpha value is -1.67. The lowest BCUT2D eigenvalue weighted by molar-refractivity contribution is -0.407. The number of hydrogen-bond donors (Lipinski definition) is 2. The number of rotatable bonds is 8. The zero-order valence-electron chi connectivity index (χ0n) is 14.6. The Kier molecular flexibility index (Phi) is 7.11. The molecule has 0 saturated carbocycles. The Morgan fingerprint density at radius 3 is 1.48 bits per heavy atom. The molecule has 0 heterocycles. The summed E-state index contributed by atoms with van der Waals surface area (Å²) in [7, 11) is 0. The van der Waals surface area contributed by atoms with E-state index in [4.69, 9.17) is 10.2 Å². The first kappa shape index (κ1) is 27.3. The smallest absolute Gasteiger partial charge is 0.428 e. The number of alkyl halides is 12. The van der Waals surface area contributed by atoms with Crippen LogP contribution in [0.4, 0.5) is 52.7 Å². The van der Waals surface area contributed by atoms with Gasteiger partial charge in [0.1, 0.15) is 0 Å². The molecule has 0 bridgehead atoms. The molecule has 0 fully saturated rings. The van der Waals surface area contributed by atoms with Gasteiger partial charge < -0.3 is 10.2 Å². The van der Waals surface area contributed by atoms with E-state index in [-0.39, 0.29) is 6.92 Å². The van der Waals surface area contributed by atoms with Crippen LogP contribution in [0.3, 0.4) is 0 Å². The molecule has 0 spiro atoms.